The predicted molar refractivity (Wildman–Crippen MR) is 114 cm³/mol. The molecule has 0 radical (unpaired) electrons. The second-order valence-electron chi connectivity index (χ2n) is 6.38. The van der Waals surface area contributed by atoms with Gasteiger partial charge in [0.1, 0.15) is 5.75 Å². The Bertz CT molecular complexity index is 872. The van der Waals surface area contributed by atoms with Crippen LogP contribution in [0.15, 0.2) is 59.4 Å². The summed E-state index contributed by atoms with van der Waals surface area (Å²) in [4.78, 5) is 14.0. The molecule has 1 aromatic heterocycles. The van der Waals surface area contributed by atoms with Crippen molar-refractivity contribution in [2.75, 3.05) is 20.2 Å². The molecule has 2 aromatic carbocycles. The first kappa shape index (κ1) is 20.7. The largest absolute Gasteiger partial charge is 0.495 e. The molecule has 0 atom stereocenters. The van der Waals surface area contributed by atoms with Crippen LogP contribution in [0.2, 0.25) is 0 Å². The molecular formula is C23H30N2O2. The molecule has 1 heterocycles. The van der Waals surface area contributed by atoms with Crippen molar-refractivity contribution >= 4 is 10.9 Å². The summed E-state index contributed by atoms with van der Waals surface area (Å²) in [6.07, 6.45) is 3.29. The average Bonchev–Trinajstić information content (AvgIpc) is 2.71. The maximum Gasteiger partial charge on any atom is 0.248 e. The highest BCUT2D eigenvalue weighted by Gasteiger charge is 2.05. The molecule has 27 heavy (non-hydrogen) atoms. The molecule has 0 bridgehead atoms. The van der Waals surface area contributed by atoms with Gasteiger partial charge >= 0.3 is 0 Å². The molecule has 0 unspecified atom stereocenters. The molecule has 4 heteroatoms. The normalized spacial score (nSPS) is 10.3. The van der Waals surface area contributed by atoms with Crippen molar-refractivity contribution in [3.63, 3.8) is 0 Å². The molecule has 144 valence electrons. The Morgan fingerprint density at radius 2 is 1.74 bits per heavy atom. The highest BCUT2D eigenvalue weighted by Crippen LogP contribution is 2.25. The second kappa shape index (κ2) is 11.2. The maximum absolute atomic E-state index is 11.2. The van der Waals surface area contributed by atoms with Gasteiger partial charge in [-0.2, -0.15) is 0 Å². The van der Waals surface area contributed by atoms with E-state index in [-0.39, 0.29) is 5.56 Å². The topological polar surface area (TPSA) is 54.1 Å². The van der Waals surface area contributed by atoms with Crippen molar-refractivity contribution in [1.29, 1.82) is 0 Å². The summed E-state index contributed by atoms with van der Waals surface area (Å²) in [5.41, 5.74) is 3.31. The Labute approximate surface area is 161 Å². The number of pyridine rings is 1. The maximum atomic E-state index is 11.2. The van der Waals surface area contributed by atoms with Gasteiger partial charge in [0.05, 0.1) is 12.6 Å². The number of hydrogen-bond donors (Lipinski definition) is 2. The third-order valence-corrected chi connectivity index (χ3v) is 4.41. The fourth-order valence-corrected chi connectivity index (χ4v) is 2.94. The Morgan fingerprint density at radius 3 is 2.41 bits per heavy atom. The number of nitrogens with one attached hydrogen (secondary N) is 2. The van der Waals surface area contributed by atoms with Crippen molar-refractivity contribution in [2.45, 2.75) is 33.1 Å². The van der Waals surface area contributed by atoms with Crippen LogP contribution in [0.25, 0.3) is 10.9 Å². The number of benzene rings is 2. The number of aromatic amines is 1. The SMILES string of the molecule is CCCNCCc1ccccc1.CCc1ccc(OC)c2[nH]c(=O)ccc12. The zero-order valence-electron chi connectivity index (χ0n) is 16.5. The summed E-state index contributed by atoms with van der Waals surface area (Å²) < 4.78 is 5.21. The van der Waals surface area contributed by atoms with E-state index in [1.165, 1.54) is 17.5 Å². The summed E-state index contributed by atoms with van der Waals surface area (Å²) in [5, 5.41) is 4.44. The molecule has 0 fully saturated rings. The lowest BCUT2D eigenvalue weighted by atomic mass is 10.1. The van der Waals surface area contributed by atoms with Crippen LogP contribution in [0.4, 0.5) is 0 Å². The number of hydrogen-bond acceptors (Lipinski definition) is 3. The molecular weight excluding hydrogens is 336 g/mol. The molecule has 0 saturated carbocycles. The third-order valence-electron chi connectivity index (χ3n) is 4.41. The first-order valence-electron chi connectivity index (χ1n) is 9.63. The number of aromatic nitrogens is 1. The highest BCUT2D eigenvalue weighted by atomic mass is 16.5. The van der Waals surface area contributed by atoms with E-state index in [2.05, 4.69) is 54.5 Å². The Hall–Kier alpha value is -2.59. The smallest absolute Gasteiger partial charge is 0.248 e. The minimum Gasteiger partial charge on any atom is -0.495 e. The van der Waals surface area contributed by atoms with Gasteiger partial charge in [-0.25, -0.2) is 0 Å². The van der Waals surface area contributed by atoms with Crippen LogP contribution in [0.3, 0.4) is 0 Å². The van der Waals surface area contributed by atoms with Gasteiger partial charge in [-0.3, -0.25) is 4.79 Å². The predicted octanol–water partition coefficient (Wildman–Crippen LogP) is 4.33. The van der Waals surface area contributed by atoms with Gasteiger partial charge in [0.15, 0.2) is 0 Å². The van der Waals surface area contributed by atoms with Gasteiger partial charge in [-0.05, 0) is 55.6 Å². The lowest BCUT2D eigenvalue weighted by molar-refractivity contribution is 0.418. The number of fused-ring (bicyclic) bond motifs is 1. The monoisotopic (exact) mass is 366 g/mol. The minimum atomic E-state index is -0.103. The Kier molecular flexibility index (Phi) is 8.59. The molecule has 3 rings (SSSR count). The summed E-state index contributed by atoms with van der Waals surface area (Å²) in [7, 11) is 1.60. The van der Waals surface area contributed by atoms with Crippen LogP contribution < -0.4 is 15.6 Å². The standard InChI is InChI=1S/C12H13NO2.C11H17N/c1-3-8-4-6-10(15-2)12-9(8)5-7-11(14)13-12;1-2-9-12-10-8-11-6-4-3-5-7-11/h4-7H,3H2,1-2H3,(H,13,14);3-7,12H,2,8-10H2,1H3. The number of aryl methyl sites for hydroxylation is 1. The minimum absolute atomic E-state index is 0.103. The zero-order chi connectivity index (χ0) is 19.5. The van der Waals surface area contributed by atoms with Crippen LogP contribution >= 0.6 is 0 Å². The van der Waals surface area contributed by atoms with E-state index >= 15 is 0 Å². The van der Waals surface area contributed by atoms with Crippen molar-refractivity contribution in [1.82, 2.24) is 10.3 Å². The van der Waals surface area contributed by atoms with Crippen LogP contribution in [0.1, 0.15) is 31.4 Å². The molecule has 0 aliphatic carbocycles. The molecule has 4 nitrogen and oxygen atoms in total. The van der Waals surface area contributed by atoms with E-state index in [0.717, 1.165) is 36.8 Å². The van der Waals surface area contributed by atoms with E-state index in [0.29, 0.717) is 5.75 Å². The van der Waals surface area contributed by atoms with Gasteiger partial charge in [0.25, 0.3) is 0 Å². The van der Waals surface area contributed by atoms with Crippen molar-refractivity contribution < 1.29 is 4.74 Å². The molecule has 3 aromatic rings. The lowest BCUT2D eigenvalue weighted by Gasteiger charge is -2.08. The molecule has 0 amide bonds. The average molecular weight is 367 g/mol. The molecule has 0 spiro atoms. The zero-order valence-corrected chi connectivity index (χ0v) is 16.5. The highest BCUT2D eigenvalue weighted by molar-refractivity contribution is 5.87. The van der Waals surface area contributed by atoms with Gasteiger partial charge in [0.2, 0.25) is 5.56 Å². The van der Waals surface area contributed by atoms with Crippen LogP contribution in [-0.4, -0.2) is 25.2 Å². The molecule has 2 N–H and O–H groups in total. The van der Waals surface area contributed by atoms with Crippen LogP contribution in [0, 0.1) is 0 Å². The van der Waals surface area contributed by atoms with E-state index in [4.69, 9.17) is 4.74 Å². The number of rotatable bonds is 7. The van der Waals surface area contributed by atoms with Crippen LogP contribution in [-0.2, 0) is 12.8 Å². The second-order valence-corrected chi connectivity index (χ2v) is 6.38. The van der Waals surface area contributed by atoms with E-state index < -0.39 is 0 Å². The van der Waals surface area contributed by atoms with Gasteiger partial charge in [-0.1, -0.05) is 50.2 Å². The van der Waals surface area contributed by atoms with Crippen molar-refractivity contribution in [3.05, 3.63) is 76.1 Å². The fraction of sp³-hybridized carbons (Fsp3) is 0.348. The summed E-state index contributed by atoms with van der Waals surface area (Å²) in [5.74, 6) is 0.708. The van der Waals surface area contributed by atoms with Crippen molar-refractivity contribution in [2.24, 2.45) is 0 Å². The molecule has 0 saturated heterocycles. The van der Waals surface area contributed by atoms with E-state index in [1.54, 1.807) is 13.2 Å². The van der Waals surface area contributed by atoms with Crippen LogP contribution in [0.5, 0.6) is 5.75 Å². The lowest BCUT2D eigenvalue weighted by Crippen LogP contribution is -2.17. The van der Waals surface area contributed by atoms with E-state index in [9.17, 15) is 4.79 Å². The Morgan fingerprint density at radius 1 is 0.963 bits per heavy atom. The summed E-state index contributed by atoms with van der Waals surface area (Å²) in [6, 6.07) is 17.9. The first-order chi connectivity index (χ1) is 13.2. The Balaban J connectivity index is 0.000000199. The molecule has 0 aliphatic rings. The first-order valence-corrected chi connectivity index (χ1v) is 9.63. The fourth-order valence-electron chi connectivity index (χ4n) is 2.94. The number of ether oxygens (including phenoxy) is 1. The summed E-state index contributed by atoms with van der Waals surface area (Å²) in [6.45, 7) is 6.51. The number of methoxy groups -OCH3 is 1. The van der Waals surface area contributed by atoms with Gasteiger partial charge < -0.3 is 15.0 Å². The number of H-pyrrole nitrogens is 1. The van der Waals surface area contributed by atoms with E-state index in [1.807, 2.05) is 18.2 Å². The molecule has 0 aliphatic heterocycles. The van der Waals surface area contributed by atoms with Gasteiger partial charge in [-0.15, -0.1) is 0 Å². The van der Waals surface area contributed by atoms with Crippen molar-refractivity contribution in [3.8, 4) is 5.75 Å². The summed E-state index contributed by atoms with van der Waals surface area (Å²) >= 11 is 0. The quantitative estimate of drug-likeness (QED) is 0.612. The van der Waals surface area contributed by atoms with Gasteiger partial charge in [0, 0.05) is 11.5 Å². The third kappa shape index (κ3) is 6.26.